The molecule has 0 aliphatic carbocycles. The van der Waals surface area contributed by atoms with E-state index in [1.807, 2.05) is 47.3 Å². The smallest absolute Gasteiger partial charge is 0.303 e. The number of carboxylic acid groups (broad SMARTS) is 1. The Balaban J connectivity index is 1.79. The first kappa shape index (κ1) is 16.7. The largest absolute Gasteiger partial charge is 0.481 e. The molecule has 2 rings (SSSR count). The number of aryl methyl sites for hydroxylation is 1. The number of benzene rings is 1. The summed E-state index contributed by atoms with van der Waals surface area (Å²) in [6.07, 6.45) is 4.50. The maximum absolute atomic E-state index is 12.0. The Morgan fingerprint density at radius 1 is 1.17 bits per heavy atom. The average Bonchev–Trinajstić information content (AvgIpc) is 3.05. The van der Waals surface area contributed by atoms with Crippen LogP contribution in [0, 0.1) is 0 Å². The Morgan fingerprint density at radius 2 is 1.96 bits per heavy atom. The van der Waals surface area contributed by atoms with Crippen LogP contribution in [0.4, 0.5) is 0 Å². The zero-order chi connectivity index (χ0) is 16.5. The van der Waals surface area contributed by atoms with E-state index < -0.39 is 5.97 Å². The van der Waals surface area contributed by atoms with E-state index in [1.54, 1.807) is 6.20 Å². The van der Waals surface area contributed by atoms with Crippen molar-refractivity contribution in [3.63, 3.8) is 0 Å². The quantitative estimate of drug-likeness (QED) is 0.694. The summed E-state index contributed by atoms with van der Waals surface area (Å²) in [5.74, 6) is -1.33. The van der Waals surface area contributed by atoms with Crippen LogP contribution >= 0.6 is 0 Å². The Morgan fingerprint density at radius 3 is 2.61 bits per heavy atom. The van der Waals surface area contributed by atoms with E-state index in [2.05, 4.69) is 10.4 Å². The Kier molecular flexibility index (Phi) is 6.35. The number of aliphatic carboxylic acids is 1. The molecule has 1 heterocycles. The molecule has 2 N–H and O–H groups in total. The number of carbonyl (C=O) groups is 2. The van der Waals surface area contributed by atoms with Gasteiger partial charge in [-0.1, -0.05) is 30.3 Å². The summed E-state index contributed by atoms with van der Waals surface area (Å²) in [7, 11) is 0. The Labute approximate surface area is 135 Å². The Bertz CT molecular complexity index is 611. The number of rotatable bonds is 9. The number of hydrogen-bond donors (Lipinski definition) is 2. The highest BCUT2D eigenvalue weighted by Gasteiger charge is 2.18. The molecule has 6 nitrogen and oxygen atoms in total. The van der Waals surface area contributed by atoms with Gasteiger partial charge in [-0.15, -0.1) is 0 Å². The van der Waals surface area contributed by atoms with Crippen LogP contribution in [0.25, 0.3) is 0 Å². The van der Waals surface area contributed by atoms with Crippen LogP contribution < -0.4 is 5.32 Å². The molecule has 0 aliphatic rings. The van der Waals surface area contributed by atoms with Gasteiger partial charge in [-0.3, -0.25) is 14.3 Å². The maximum atomic E-state index is 12.0. The van der Waals surface area contributed by atoms with E-state index in [1.165, 1.54) is 0 Å². The normalized spacial score (nSPS) is 11.8. The average molecular weight is 315 g/mol. The summed E-state index contributed by atoms with van der Waals surface area (Å²) in [4.78, 5) is 23.1. The molecule has 0 fully saturated rings. The van der Waals surface area contributed by atoms with Crippen LogP contribution in [0.3, 0.4) is 0 Å². The summed E-state index contributed by atoms with van der Waals surface area (Å²) in [5, 5.41) is 16.0. The Hall–Kier alpha value is -2.63. The van der Waals surface area contributed by atoms with Gasteiger partial charge in [0.2, 0.25) is 5.91 Å². The third-order valence-electron chi connectivity index (χ3n) is 3.57. The van der Waals surface area contributed by atoms with Crippen molar-refractivity contribution < 1.29 is 14.7 Å². The van der Waals surface area contributed by atoms with E-state index in [9.17, 15) is 9.59 Å². The highest BCUT2D eigenvalue weighted by atomic mass is 16.4. The lowest BCUT2D eigenvalue weighted by molar-refractivity contribution is -0.137. The number of nitrogens with zero attached hydrogens (tertiary/aromatic N) is 2. The van der Waals surface area contributed by atoms with Gasteiger partial charge in [0, 0.05) is 37.8 Å². The molecule has 23 heavy (non-hydrogen) atoms. The van der Waals surface area contributed by atoms with Crippen LogP contribution in [-0.2, 0) is 16.1 Å². The summed E-state index contributed by atoms with van der Waals surface area (Å²) in [6.45, 7) is 1.29. The van der Waals surface area contributed by atoms with Crippen LogP contribution in [0.5, 0.6) is 0 Å². The number of carbonyl (C=O) groups excluding carboxylic acids is 1. The third-order valence-corrected chi connectivity index (χ3v) is 3.57. The van der Waals surface area contributed by atoms with Gasteiger partial charge < -0.3 is 10.4 Å². The summed E-state index contributed by atoms with van der Waals surface area (Å²) in [5.41, 5.74) is 0.876. The van der Waals surface area contributed by atoms with Gasteiger partial charge in [0.1, 0.15) is 0 Å². The molecule has 0 radical (unpaired) electrons. The van der Waals surface area contributed by atoms with Crippen molar-refractivity contribution in [2.45, 2.75) is 31.7 Å². The standard InChI is InChI=1S/C17H21N3O3/c21-16(18-8-4-10-20-11-5-9-19-20)12-15(13-17(22)23)14-6-2-1-3-7-14/h1-3,5-7,9,11,15H,4,8,10,12-13H2,(H,18,21)(H,22,23)/t15-/m1/s1. The molecule has 1 aromatic heterocycles. The summed E-state index contributed by atoms with van der Waals surface area (Å²) >= 11 is 0. The molecule has 0 unspecified atom stereocenters. The van der Waals surface area contributed by atoms with Crippen molar-refractivity contribution in [2.75, 3.05) is 6.54 Å². The molecule has 0 bridgehead atoms. The molecule has 0 saturated carbocycles. The van der Waals surface area contributed by atoms with E-state index in [-0.39, 0.29) is 24.7 Å². The second-order valence-corrected chi connectivity index (χ2v) is 5.38. The fraction of sp³-hybridized carbons (Fsp3) is 0.353. The number of aromatic nitrogens is 2. The summed E-state index contributed by atoms with van der Waals surface area (Å²) in [6, 6.07) is 11.2. The van der Waals surface area contributed by atoms with Crippen molar-refractivity contribution in [3.05, 3.63) is 54.4 Å². The van der Waals surface area contributed by atoms with Crippen molar-refractivity contribution in [1.29, 1.82) is 0 Å². The molecule has 0 saturated heterocycles. The molecule has 2 aromatic rings. The van der Waals surface area contributed by atoms with Gasteiger partial charge in [-0.25, -0.2) is 0 Å². The van der Waals surface area contributed by atoms with Crippen LogP contribution in [0.2, 0.25) is 0 Å². The van der Waals surface area contributed by atoms with Crippen molar-refractivity contribution >= 4 is 11.9 Å². The van der Waals surface area contributed by atoms with Gasteiger partial charge in [0.25, 0.3) is 0 Å². The first-order valence-electron chi connectivity index (χ1n) is 7.66. The number of nitrogens with one attached hydrogen (secondary N) is 1. The second-order valence-electron chi connectivity index (χ2n) is 5.38. The minimum absolute atomic E-state index is 0.0509. The molecule has 122 valence electrons. The first-order valence-corrected chi connectivity index (χ1v) is 7.66. The first-order chi connectivity index (χ1) is 11.1. The molecular weight excluding hydrogens is 294 g/mol. The highest BCUT2D eigenvalue weighted by Crippen LogP contribution is 2.23. The number of hydrogen-bond acceptors (Lipinski definition) is 3. The molecule has 1 amide bonds. The fourth-order valence-electron chi connectivity index (χ4n) is 2.44. The van der Waals surface area contributed by atoms with E-state index in [0.29, 0.717) is 6.54 Å². The highest BCUT2D eigenvalue weighted by molar-refractivity contribution is 5.78. The predicted octanol–water partition coefficient (Wildman–Crippen LogP) is 2.04. The molecule has 6 heteroatoms. The fourth-order valence-corrected chi connectivity index (χ4v) is 2.44. The lowest BCUT2D eigenvalue weighted by atomic mass is 9.92. The lowest BCUT2D eigenvalue weighted by Gasteiger charge is -2.15. The van der Waals surface area contributed by atoms with E-state index in [0.717, 1.165) is 18.5 Å². The lowest BCUT2D eigenvalue weighted by Crippen LogP contribution is -2.27. The van der Waals surface area contributed by atoms with Crippen LogP contribution in [-0.4, -0.2) is 33.3 Å². The van der Waals surface area contributed by atoms with Crippen molar-refractivity contribution in [3.8, 4) is 0 Å². The zero-order valence-electron chi connectivity index (χ0n) is 12.9. The minimum Gasteiger partial charge on any atom is -0.481 e. The SMILES string of the molecule is O=C(O)C[C@@H](CC(=O)NCCCn1cccn1)c1ccccc1. The van der Waals surface area contributed by atoms with Crippen LogP contribution in [0.1, 0.15) is 30.7 Å². The van der Waals surface area contributed by atoms with Gasteiger partial charge >= 0.3 is 5.97 Å². The molecular formula is C17H21N3O3. The maximum Gasteiger partial charge on any atom is 0.303 e. The minimum atomic E-state index is -0.898. The van der Waals surface area contributed by atoms with Crippen LogP contribution in [0.15, 0.2) is 48.8 Å². The topological polar surface area (TPSA) is 84.2 Å². The monoisotopic (exact) mass is 315 g/mol. The molecule has 1 aromatic carbocycles. The molecule has 1 atom stereocenters. The van der Waals surface area contributed by atoms with Gasteiger partial charge in [-0.2, -0.15) is 5.10 Å². The molecule has 0 aliphatic heterocycles. The third kappa shape index (κ3) is 5.94. The van der Waals surface area contributed by atoms with Gasteiger partial charge in [0.05, 0.1) is 6.42 Å². The van der Waals surface area contributed by atoms with Gasteiger partial charge in [-0.05, 0) is 18.1 Å². The van der Waals surface area contributed by atoms with Crippen molar-refractivity contribution in [2.24, 2.45) is 0 Å². The number of carboxylic acids is 1. The number of amides is 1. The predicted molar refractivity (Wildman–Crippen MR) is 85.9 cm³/mol. The summed E-state index contributed by atoms with van der Waals surface area (Å²) < 4.78 is 1.81. The second kappa shape index (κ2) is 8.73. The van der Waals surface area contributed by atoms with E-state index >= 15 is 0 Å². The van der Waals surface area contributed by atoms with E-state index in [4.69, 9.17) is 5.11 Å². The molecule has 0 spiro atoms. The van der Waals surface area contributed by atoms with Gasteiger partial charge in [0.15, 0.2) is 0 Å². The zero-order valence-corrected chi connectivity index (χ0v) is 12.9. The van der Waals surface area contributed by atoms with Crippen molar-refractivity contribution in [1.82, 2.24) is 15.1 Å².